The number of aryl methyl sites for hydroxylation is 1. The number of ether oxygens (including phenoxy) is 1. The summed E-state index contributed by atoms with van der Waals surface area (Å²) in [6.45, 7) is 1.14. The fourth-order valence-corrected chi connectivity index (χ4v) is 4.14. The largest absolute Gasteiger partial charge is 0.473 e. The Balaban J connectivity index is 1.65. The summed E-state index contributed by atoms with van der Waals surface area (Å²) < 4.78 is 12.7. The molecule has 2 aliphatic rings. The molecule has 4 nitrogen and oxygen atoms in total. The Morgan fingerprint density at radius 1 is 0.960 bits per heavy atom. The van der Waals surface area contributed by atoms with Crippen molar-refractivity contribution in [1.82, 2.24) is 0 Å². The van der Waals surface area contributed by atoms with Crippen LogP contribution in [0.1, 0.15) is 23.1 Å². The molecule has 25 heavy (non-hydrogen) atoms. The lowest BCUT2D eigenvalue weighted by atomic mass is 10.0. The Morgan fingerprint density at radius 3 is 2.60 bits per heavy atom. The van der Waals surface area contributed by atoms with Gasteiger partial charge in [-0.2, -0.15) is 0 Å². The maximum absolute atomic E-state index is 12.4. The van der Waals surface area contributed by atoms with E-state index in [1.54, 1.807) is 0 Å². The van der Waals surface area contributed by atoms with Gasteiger partial charge in [0.25, 0.3) is 0 Å². The number of hydrogen-bond donors (Lipinski definition) is 0. The molecule has 0 fully saturated rings. The SMILES string of the molecule is O=c1oc2c3c(ccc2c2c1CCC2)OCN(c1ccc(Br)cc1)C3. The third kappa shape index (κ3) is 2.37. The Labute approximate surface area is 153 Å². The van der Waals surface area contributed by atoms with Crippen LogP contribution < -0.4 is 15.3 Å². The molecule has 5 rings (SSSR count). The van der Waals surface area contributed by atoms with Crippen LogP contribution in [0.25, 0.3) is 11.0 Å². The second-order valence-corrected chi connectivity index (χ2v) is 7.48. The first-order chi connectivity index (χ1) is 12.2. The minimum absolute atomic E-state index is 0.186. The van der Waals surface area contributed by atoms with E-state index >= 15 is 0 Å². The van der Waals surface area contributed by atoms with E-state index in [-0.39, 0.29) is 5.63 Å². The number of anilines is 1. The average molecular weight is 398 g/mol. The van der Waals surface area contributed by atoms with Crippen molar-refractivity contribution in [3.63, 3.8) is 0 Å². The number of hydrogen-bond acceptors (Lipinski definition) is 4. The molecule has 1 aliphatic carbocycles. The van der Waals surface area contributed by atoms with E-state index in [2.05, 4.69) is 33.0 Å². The van der Waals surface area contributed by atoms with Crippen molar-refractivity contribution in [1.29, 1.82) is 0 Å². The summed E-state index contributed by atoms with van der Waals surface area (Å²) in [5, 5.41) is 1.06. The van der Waals surface area contributed by atoms with Gasteiger partial charge in [0.05, 0.1) is 12.1 Å². The summed E-state index contributed by atoms with van der Waals surface area (Å²) in [5.74, 6) is 0.807. The predicted molar refractivity (Wildman–Crippen MR) is 100 cm³/mol. The smallest absolute Gasteiger partial charge is 0.339 e. The minimum Gasteiger partial charge on any atom is -0.473 e. The molecule has 0 spiro atoms. The molecule has 2 heterocycles. The molecule has 3 aromatic rings. The average Bonchev–Trinajstić information content (AvgIpc) is 3.13. The van der Waals surface area contributed by atoms with Crippen LogP contribution in [0.5, 0.6) is 5.75 Å². The number of rotatable bonds is 1. The Morgan fingerprint density at radius 2 is 1.76 bits per heavy atom. The summed E-state index contributed by atoms with van der Waals surface area (Å²) in [7, 11) is 0. The van der Waals surface area contributed by atoms with Gasteiger partial charge in [0, 0.05) is 21.1 Å². The topological polar surface area (TPSA) is 42.7 Å². The summed E-state index contributed by atoms with van der Waals surface area (Å²) in [6.07, 6.45) is 2.80. The molecule has 0 saturated heterocycles. The van der Waals surface area contributed by atoms with Crippen molar-refractivity contribution in [2.45, 2.75) is 25.8 Å². The third-order valence-electron chi connectivity index (χ3n) is 5.12. The molecule has 5 heteroatoms. The van der Waals surface area contributed by atoms with Crippen molar-refractivity contribution < 1.29 is 9.15 Å². The van der Waals surface area contributed by atoms with E-state index in [0.29, 0.717) is 18.9 Å². The highest BCUT2D eigenvalue weighted by Crippen LogP contribution is 2.37. The van der Waals surface area contributed by atoms with Gasteiger partial charge < -0.3 is 14.1 Å². The number of benzene rings is 2. The van der Waals surface area contributed by atoms with Gasteiger partial charge in [0.2, 0.25) is 0 Å². The zero-order valence-corrected chi connectivity index (χ0v) is 15.1. The minimum atomic E-state index is -0.186. The van der Waals surface area contributed by atoms with Gasteiger partial charge >= 0.3 is 5.63 Å². The summed E-state index contributed by atoms with van der Waals surface area (Å²) >= 11 is 3.46. The molecule has 0 saturated carbocycles. The lowest BCUT2D eigenvalue weighted by Gasteiger charge is -2.31. The van der Waals surface area contributed by atoms with Crippen molar-refractivity contribution in [3.05, 3.63) is 68.0 Å². The molecule has 0 unspecified atom stereocenters. The molecule has 1 aromatic heterocycles. The summed E-state index contributed by atoms with van der Waals surface area (Å²) in [5.41, 5.74) is 4.55. The van der Waals surface area contributed by atoms with Crippen molar-refractivity contribution in [2.24, 2.45) is 0 Å². The van der Waals surface area contributed by atoms with Crippen LogP contribution in [0, 0.1) is 0 Å². The van der Waals surface area contributed by atoms with Crippen LogP contribution in [-0.4, -0.2) is 6.73 Å². The molecule has 0 amide bonds. The highest BCUT2D eigenvalue weighted by Gasteiger charge is 2.26. The lowest BCUT2D eigenvalue weighted by Crippen LogP contribution is -2.32. The Bertz CT molecular complexity index is 1040. The summed E-state index contributed by atoms with van der Waals surface area (Å²) in [6, 6.07) is 12.2. The van der Waals surface area contributed by atoms with Gasteiger partial charge in [0.1, 0.15) is 11.3 Å². The number of nitrogens with zero attached hydrogens (tertiary/aromatic N) is 1. The second kappa shape index (κ2) is 5.63. The highest BCUT2D eigenvalue weighted by molar-refractivity contribution is 9.10. The van der Waals surface area contributed by atoms with Gasteiger partial charge in [-0.1, -0.05) is 15.9 Å². The standard InChI is InChI=1S/C20H16BrNO3/c21-12-4-6-13(7-5-12)22-10-17-18(24-11-22)9-8-15-14-2-1-3-16(14)20(23)25-19(15)17/h4-9H,1-3,10-11H2. The van der Waals surface area contributed by atoms with E-state index < -0.39 is 0 Å². The fraction of sp³-hybridized carbons (Fsp3) is 0.250. The highest BCUT2D eigenvalue weighted by atomic mass is 79.9. The molecule has 0 atom stereocenters. The van der Waals surface area contributed by atoms with Crippen molar-refractivity contribution in [2.75, 3.05) is 11.6 Å². The van der Waals surface area contributed by atoms with E-state index in [1.807, 2.05) is 24.3 Å². The normalized spacial score (nSPS) is 15.8. The lowest BCUT2D eigenvalue weighted by molar-refractivity contribution is 0.289. The van der Waals surface area contributed by atoms with Crippen molar-refractivity contribution in [3.8, 4) is 5.75 Å². The van der Waals surface area contributed by atoms with Gasteiger partial charge in [-0.05, 0) is 61.2 Å². The molecule has 0 radical (unpaired) electrons. The third-order valence-corrected chi connectivity index (χ3v) is 5.65. The maximum Gasteiger partial charge on any atom is 0.339 e. The molecular weight excluding hydrogens is 382 g/mol. The maximum atomic E-state index is 12.4. The van der Waals surface area contributed by atoms with Crippen molar-refractivity contribution >= 4 is 32.6 Å². The number of fused-ring (bicyclic) bond motifs is 5. The van der Waals surface area contributed by atoms with E-state index in [4.69, 9.17) is 9.15 Å². The molecular formula is C20H16BrNO3. The molecule has 1 aliphatic heterocycles. The quantitative estimate of drug-likeness (QED) is 0.570. The van der Waals surface area contributed by atoms with Gasteiger partial charge in [-0.15, -0.1) is 0 Å². The Hall–Kier alpha value is -2.27. The van der Waals surface area contributed by atoms with Crippen LogP contribution in [0.4, 0.5) is 5.69 Å². The first-order valence-electron chi connectivity index (χ1n) is 8.44. The number of halogens is 1. The van der Waals surface area contributed by atoms with Crippen LogP contribution in [-0.2, 0) is 19.4 Å². The zero-order valence-electron chi connectivity index (χ0n) is 13.5. The predicted octanol–water partition coefficient (Wildman–Crippen LogP) is 4.40. The van der Waals surface area contributed by atoms with Gasteiger partial charge in [0.15, 0.2) is 6.73 Å². The molecule has 2 aromatic carbocycles. The second-order valence-electron chi connectivity index (χ2n) is 6.57. The van der Waals surface area contributed by atoms with Crippen LogP contribution >= 0.6 is 15.9 Å². The van der Waals surface area contributed by atoms with Crippen LogP contribution in [0.2, 0.25) is 0 Å². The molecule has 126 valence electrons. The van der Waals surface area contributed by atoms with Crippen LogP contribution in [0.15, 0.2) is 50.1 Å². The monoisotopic (exact) mass is 397 g/mol. The van der Waals surface area contributed by atoms with E-state index in [9.17, 15) is 4.79 Å². The van der Waals surface area contributed by atoms with E-state index in [0.717, 1.165) is 57.2 Å². The molecule has 0 bridgehead atoms. The van der Waals surface area contributed by atoms with Gasteiger partial charge in [-0.3, -0.25) is 0 Å². The first-order valence-corrected chi connectivity index (χ1v) is 9.24. The fourth-order valence-electron chi connectivity index (χ4n) is 3.87. The first kappa shape index (κ1) is 15.0. The molecule has 0 N–H and O–H groups in total. The van der Waals surface area contributed by atoms with E-state index in [1.165, 1.54) is 0 Å². The Kier molecular flexibility index (Phi) is 3.38. The van der Waals surface area contributed by atoms with Gasteiger partial charge in [-0.25, -0.2) is 4.79 Å². The van der Waals surface area contributed by atoms with Crippen LogP contribution in [0.3, 0.4) is 0 Å². The summed E-state index contributed by atoms with van der Waals surface area (Å²) in [4.78, 5) is 14.5. The zero-order chi connectivity index (χ0) is 17.0.